The Morgan fingerprint density at radius 2 is 1.47 bits per heavy atom. The van der Waals surface area contributed by atoms with Gasteiger partial charge in [0.1, 0.15) is 23.3 Å². The number of nitriles is 1. The first-order chi connectivity index (χ1) is 24.0. The number of imidazole rings is 1. The summed E-state index contributed by atoms with van der Waals surface area (Å²) in [6, 6.07) is 42.7. The Balaban J connectivity index is 1.11. The van der Waals surface area contributed by atoms with Crippen LogP contribution in [-0.2, 0) is 0 Å². The van der Waals surface area contributed by atoms with Crippen molar-refractivity contribution >= 4 is 46.4 Å². The number of aromatic nitrogens is 3. The van der Waals surface area contributed by atoms with Crippen LogP contribution in [-0.4, -0.2) is 26.6 Å². The molecule has 0 aliphatic rings. The molecule has 234 valence electrons. The maximum Gasteiger partial charge on any atom is 0.256 e. The lowest BCUT2D eigenvalue weighted by atomic mass is 10.0. The molecule has 0 unspecified atom stereocenters. The van der Waals surface area contributed by atoms with E-state index < -0.39 is 0 Å². The second kappa shape index (κ2) is 13.3. The SMILES string of the molecule is N#Cc1c(/C=C/c2ccccc2)cc(-c2ccc(NC(=O)c3ccccc3-c3nc4ccc(C(=O)c5ccccc5)cc4[nH]3)cc2)nc1N. The number of hydrogen-bond acceptors (Lipinski definition) is 6. The number of aromatic amines is 1. The molecule has 0 saturated carbocycles. The number of carbonyl (C=O) groups excluding carboxylic acids is 2. The molecule has 7 aromatic rings. The van der Waals surface area contributed by atoms with Crippen molar-refractivity contribution in [3.63, 3.8) is 0 Å². The number of benzene rings is 5. The first-order valence-corrected chi connectivity index (χ1v) is 15.5. The number of pyridine rings is 1. The van der Waals surface area contributed by atoms with Gasteiger partial charge in [-0.15, -0.1) is 0 Å². The van der Waals surface area contributed by atoms with Crippen molar-refractivity contribution in [3.8, 4) is 28.7 Å². The number of carbonyl (C=O) groups is 2. The van der Waals surface area contributed by atoms with Gasteiger partial charge < -0.3 is 16.0 Å². The van der Waals surface area contributed by atoms with Crippen LogP contribution in [0.5, 0.6) is 0 Å². The molecule has 0 fully saturated rings. The second-order valence-electron chi connectivity index (χ2n) is 11.3. The molecule has 7 rings (SSSR count). The maximum absolute atomic E-state index is 13.6. The molecule has 0 atom stereocenters. The highest BCUT2D eigenvalue weighted by Crippen LogP contribution is 2.28. The van der Waals surface area contributed by atoms with Crippen molar-refractivity contribution in [1.29, 1.82) is 5.26 Å². The molecule has 1 amide bonds. The average molecular weight is 637 g/mol. The van der Waals surface area contributed by atoms with E-state index in [0.717, 1.165) is 11.1 Å². The topological polar surface area (TPSA) is 138 Å². The van der Waals surface area contributed by atoms with E-state index in [1.54, 1.807) is 54.6 Å². The monoisotopic (exact) mass is 636 g/mol. The summed E-state index contributed by atoms with van der Waals surface area (Å²) in [6.45, 7) is 0. The number of rotatable bonds is 8. The zero-order valence-electron chi connectivity index (χ0n) is 26.1. The van der Waals surface area contributed by atoms with Gasteiger partial charge in [0.25, 0.3) is 5.91 Å². The molecule has 0 aliphatic heterocycles. The maximum atomic E-state index is 13.6. The molecule has 5 aromatic carbocycles. The van der Waals surface area contributed by atoms with Crippen molar-refractivity contribution in [2.45, 2.75) is 0 Å². The molecule has 8 nitrogen and oxygen atoms in total. The zero-order valence-corrected chi connectivity index (χ0v) is 26.1. The molecule has 49 heavy (non-hydrogen) atoms. The summed E-state index contributed by atoms with van der Waals surface area (Å²) in [4.78, 5) is 39.0. The minimum Gasteiger partial charge on any atom is -0.383 e. The predicted molar refractivity (Wildman–Crippen MR) is 194 cm³/mol. The van der Waals surface area contributed by atoms with Gasteiger partial charge >= 0.3 is 0 Å². The third kappa shape index (κ3) is 6.45. The standard InChI is InChI=1S/C41H28N6O2/c42-25-34-29(16-15-26-9-3-1-4-10-26)23-36(45-39(34)43)27-17-20-31(21-18-27)44-41(49)33-14-8-7-13-32(33)40-46-35-22-19-30(24-37(35)47-40)38(48)28-11-5-2-6-12-28/h1-24H,(H2,43,45)(H,44,49)(H,46,47)/b16-15+. The van der Waals surface area contributed by atoms with Crippen LogP contribution >= 0.6 is 0 Å². The van der Waals surface area contributed by atoms with Crippen LogP contribution in [0.2, 0.25) is 0 Å². The predicted octanol–water partition coefficient (Wildman–Crippen LogP) is 8.40. The van der Waals surface area contributed by atoms with Crippen molar-refractivity contribution in [2.24, 2.45) is 0 Å². The van der Waals surface area contributed by atoms with Gasteiger partial charge in [0.15, 0.2) is 5.78 Å². The Kier molecular flexibility index (Phi) is 8.30. The van der Waals surface area contributed by atoms with E-state index in [1.165, 1.54) is 0 Å². The van der Waals surface area contributed by atoms with E-state index in [4.69, 9.17) is 10.7 Å². The highest BCUT2D eigenvalue weighted by molar-refractivity contribution is 6.11. The molecule has 4 N–H and O–H groups in total. The third-order valence-corrected chi connectivity index (χ3v) is 8.09. The van der Waals surface area contributed by atoms with E-state index in [0.29, 0.717) is 61.6 Å². The van der Waals surface area contributed by atoms with Crippen molar-refractivity contribution in [3.05, 3.63) is 167 Å². The number of nitrogens with one attached hydrogen (secondary N) is 2. The van der Waals surface area contributed by atoms with E-state index in [9.17, 15) is 14.9 Å². The lowest BCUT2D eigenvalue weighted by molar-refractivity contribution is 0.102. The third-order valence-electron chi connectivity index (χ3n) is 8.09. The molecule has 8 heteroatoms. The summed E-state index contributed by atoms with van der Waals surface area (Å²) in [7, 11) is 0. The summed E-state index contributed by atoms with van der Waals surface area (Å²) in [5.41, 5.74) is 13.7. The van der Waals surface area contributed by atoms with Gasteiger partial charge in [-0.25, -0.2) is 9.97 Å². The number of ketones is 1. The number of anilines is 2. The van der Waals surface area contributed by atoms with Gasteiger partial charge in [-0.3, -0.25) is 9.59 Å². The van der Waals surface area contributed by atoms with Gasteiger partial charge in [-0.2, -0.15) is 5.26 Å². The Morgan fingerprint density at radius 3 is 2.22 bits per heavy atom. The number of nitrogens with two attached hydrogens (primary N) is 1. The van der Waals surface area contributed by atoms with Gasteiger partial charge in [0.05, 0.1) is 22.3 Å². The summed E-state index contributed by atoms with van der Waals surface area (Å²) in [6.07, 6.45) is 3.78. The van der Waals surface area contributed by atoms with Crippen molar-refractivity contribution in [2.75, 3.05) is 11.1 Å². The average Bonchev–Trinajstić information content (AvgIpc) is 3.58. The number of fused-ring (bicyclic) bond motifs is 1. The number of amides is 1. The molecular formula is C41H28N6O2. The van der Waals surface area contributed by atoms with Crippen LogP contribution < -0.4 is 11.1 Å². The minimum atomic E-state index is -0.308. The van der Waals surface area contributed by atoms with Crippen LogP contribution in [0.15, 0.2) is 133 Å². The highest BCUT2D eigenvalue weighted by Gasteiger charge is 2.17. The second-order valence-corrected chi connectivity index (χ2v) is 11.3. The summed E-state index contributed by atoms with van der Waals surface area (Å²) in [5, 5.41) is 12.7. The smallest absolute Gasteiger partial charge is 0.256 e. The quantitative estimate of drug-likeness (QED) is 0.143. The molecule has 2 aromatic heterocycles. The summed E-state index contributed by atoms with van der Waals surface area (Å²) < 4.78 is 0. The van der Waals surface area contributed by atoms with Crippen LogP contribution in [0, 0.1) is 11.3 Å². The number of H-pyrrole nitrogens is 1. The molecule has 0 aliphatic carbocycles. The highest BCUT2D eigenvalue weighted by atomic mass is 16.1. The zero-order chi connectivity index (χ0) is 33.7. The van der Waals surface area contributed by atoms with Crippen LogP contribution in [0.1, 0.15) is 43.0 Å². The van der Waals surface area contributed by atoms with Gasteiger partial charge in [-0.1, -0.05) is 103 Å². The molecule has 0 bridgehead atoms. The lowest BCUT2D eigenvalue weighted by Crippen LogP contribution is -2.13. The van der Waals surface area contributed by atoms with Crippen LogP contribution in [0.4, 0.5) is 11.5 Å². The fourth-order valence-electron chi connectivity index (χ4n) is 5.58. The van der Waals surface area contributed by atoms with E-state index >= 15 is 0 Å². The number of hydrogen-bond donors (Lipinski definition) is 3. The lowest BCUT2D eigenvalue weighted by Gasteiger charge is -2.10. The number of nitrogens with zero attached hydrogens (tertiary/aromatic N) is 3. The van der Waals surface area contributed by atoms with Gasteiger partial charge in [0.2, 0.25) is 0 Å². The summed E-state index contributed by atoms with van der Waals surface area (Å²) in [5.74, 6) is 0.273. The normalized spacial score (nSPS) is 11.0. The summed E-state index contributed by atoms with van der Waals surface area (Å²) >= 11 is 0. The Hall–Kier alpha value is -7.11. The fraction of sp³-hybridized carbons (Fsp3) is 0. The van der Waals surface area contributed by atoms with Crippen molar-refractivity contribution < 1.29 is 9.59 Å². The Bertz CT molecular complexity index is 2410. The molecular weight excluding hydrogens is 608 g/mol. The van der Waals surface area contributed by atoms with Crippen molar-refractivity contribution in [1.82, 2.24) is 15.0 Å². The van der Waals surface area contributed by atoms with Crippen LogP contribution in [0.3, 0.4) is 0 Å². The fourth-order valence-corrected chi connectivity index (χ4v) is 5.58. The largest absolute Gasteiger partial charge is 0.383 e. The van der Waals surface area contributed by atoms with E-state index in [-0.39, 0.29) is 17.5 Å². The van der Waals surface area contributed by atoms with E-state index in [1.807, 2.05) is 91.0 Å². The van der Waals surface area contributed by atoms with Gasteiger partial charge in [0, 0.05) is 27.9 Å². The molecule has 0 radical (unpaired) electrons. The van der Waals surface area contributed by atoms with Gasteiger partial charge in [-0.05, 0) is 53.6 Å². The molecule has 0 spiro atoms. The van der Waals surface area contributed by atoms with E-state index in [2.05, 4.69) is 21.4 Å². The molecule has 0 saturated heterocycles. The minimum absolute atomic E-state index is 0.0804. The first kappa shape index (κ1) is 30.5. The Labute approximate surface area is 282 Å². The Morgan fingerprint density at radius 1 is 0.755 bits per heavy atom. The molecule has 2 heterocycles. The first-order valence-electron chi connectivity index (χ1n) is 15.5. The van der Waals surface area contributed by atoms with Crippen LogP contribution in [0.25, 0.3) is 45.8 Å². The number of nitrogen functional groups attached to an aromatic ring is 1.